The summed E-state index contributed by atoms with van der Waals surface area (Å²) in [4.78, 5) is 13.4. The fraction of sp³-hybridized carbons (Fsp3) is 0.111. The van der Waals surface area contributed by atoms with Gasteiger partial charge in [-0.05, 0) is 30.0 Å². The first-order valence-corrected chi connectivity index (χ1v) is 8.98. The van der Waals surface area contributed by atoms with Crippen molar-refractivity contribution in [1.29, 1.82) is 0 Å². The molecule has 0 aliphatic carbocycles. The number of anilines is 1. The number of carbonyl (C=O) groups is 1. The summed E-state index contributed by atoms with van der Waals surface area (Å²) in [5.41, 5.74) is 1.59. The Kier molecular flexibility index (Phi) is 5.23. The minimum Gasteiger partial charge on any atom is -0.305 e. The van der Waals surface area contributed by atoms with Crippen molar-refractivity contribution in [2.24, 2.45) is 0 Å². The maximum absolute atomic E-state index is 12.4. The summed E-state index contributed by atoms with van der Waals surface area (Å²) in [7, 11) is 0. The van der Waals surface area contributed by atoms with Crippen LogP contribution in [0.1, 0.15) is 15.9 Å². The number of carbonyl (C=O) groups excluding carboxylic acids is 1. The summed E-state index contributed by atoms with van der Waals surface area (Å²) < 4.78 is 1.78. The first-order chi connectivity index (χ1) is 11.7. The molecule has 0 unspecified atom stereocenters. The predicted molar refractivity (Wildman–Crippen MR) is 99.0 cm³/mol. The second kappa shape index (κ2) is 7.55. The molecule has 3 aromatic rings. The van der Waals surface area contributed by atoms with E-state index in [1.54, 1.807) is 34.6 Å². The molecule has 0 radical (unpaired) electrons. The van der Waals surface area contributed by atoms with Crippen LogP contribution in [0.15, 0.2) is 65.7 Å². The smallest absolute Gasteiger partial charge is 0.258 e. The lowest BCUT2D eigenvalue weighted by Gasteiger charge is -2.06. The van der Waals surface area contributed by atoms with Gasteiger partial charge in [-0.1, -0.05) is 41.9 Å². The highest BCUT2D eigenvalue weighted by atomic mass is 35.5. The van der Waals surface area contributed by atoms with E-state index >= 15 is 0 Å². The Morgan fingerprint density at radius 1 is 1.21 bits per heavy atom. The summed E-state index contributed by atoms with van der Waals surface area (Å²) in [5, 5.41) is 7.60. The number of aromatic nitrogens is 2. The number of rotatable bonds is 5. The Bertz CT molecular complexity index is 848. The van der Waals surface area contributed by atoms with Crippen LogP contribution in [0.2, 0.25) is 5.02 Å². The van der Waals surface area contributed by atoms with E-state index in [1.165, 1.54) is 0 Å². The van der Waals surface area contributed by atoms with Crippen molar-refractivity contribution in [2.45, 2.75) is 11.4 Å². The lowest BCUT2D eigenvalue weighted by molar-refractivity contribution is 0.102. The van der Waals surface area contributed by atoms with Gasteiger partial charge in [0.25, 0.3) is 5.91 Å². The molecule has 1 N–H and O–H groups in total. The van der Waals surface area contributed by atoms with E-state index in [4.69, 9.17) is 11.6 Å². The molecule has 0 saturated heterocycles. The monoisotopic (exact) mass is 357 g/mol. The van der Waals surface area contributed by atoms with Gasteiger partial charge in [0, 0.05) is 17.2 Å². The highest BCUT2D eigenvalue weighted by molar-refractivity contribution is 7.98. The highest BCUT2D eigenvalue weighted by Crippen LogP contribution is 2.23. The number of halogens is 1. The van der Waals surface area contributed by atoms with Gasteiger partial charge in [0.2, 0.25) is 0 Å². The minimum absolute atomic E-state index is 0.263. The normalized spacial score (nSPS) is 10.6. The molecule has 6 heteroatoms. The molecule has 0 spiro atoms. The van der Waals surface area contributed by atoms with Gasteiger partial charge in [0.15, 0.2) is 5.82 Å². The van der Waals surface area contributed by atoms with Crippen LogP contribution >= 0.6 is 23.4 Å². The van der Waals surface area contributed by atoms with Gasteiger partial charge in [-0.3, -0.25) is 9.48 Å². The molecule has 2 aromatic carbocycles. The molecule has 0 aliphatic heterocycles. The Labute approximate surface area is 149 Å². The summed E-state index contributed by atoms with van der Waals surface area (Å²) in [6.07, 6.45) is 3.79. The molecule has 1 amide bonds. The fourth-order valence-corrected chi connectivity index (χ4v) is 2.92. The van der Waals surface area contributed by atoms with E-state index in [0.29, 0.717) is 22.9 Å². The van der Waals surface area contributed by atoms with Crippen LogP contribution < -0.4 is 5.32 Å². The Morgan fingerprint density at radius 2 is 2.00 bits per heavy atom. The van der Waals surface area contributed by atoms with E-state index in [2.05, 4.69) is 10.4 Å². The van der Waals surface area contributed by atoms with Crippen molar-refractivity contribution < 1.29 is 4.79 Å². The average Bonchev–Trinajstić information content (AvgIpc) is 3.03. The third kappa shape index (κ3) is 3.99. The number of amides is 1. The molecule has 0 saturated carbocycles. The molecule has 0 aliphatic rings. The number of hydrogen-bond acceptors (Lipinski definition) is 3. The third-order valence-electron chi connectivity index (χ3n) is 3.49. The van der Waals surface area contributed by atoms with Crippen molar-refractivity contribution in [1.82, 2.24) is 9.78 Å². The zero-order valence-electron chi connectivity index (χ0n) is 13.1. The largest absolute Gasteiger partial charge is 0.305 e. The SMILES string of the molecule is CSc1ccc(Cl)c(C(=O)Nc2ccn(Cc3ccccc3)n2)c1. The van der Waals surface area contributed by atoms with Crippen LogP contribution in [0.25, 0.3) is 0 Å². The lowest BCUT2D eigenvalue weighted by atomic mass is 10.2. The van der Waals surface area contributed by atoms with Gasteiger partial charge in [-0.15, -0.1) is 11.8 Å². The Hall–Kier alpha value is -2.24. The van der Waals surface area contributed by atoms with Crippen molar-refractivity contribution in [3.63, 3.8) is 0 Å². The topological polar surface area (TPSA) is 46.9 Å². The van der Waals surface area contributed by atoms with Crippen molar-refractivity contribution in [3.05, 3.63) is 76.9 Å². The first-order valence-electron chi connectivity index (χ1n) is 7.38. The molecular weight excluding hydrogens is 342 g/mol. The molecule has 0 atom stereocenters. The van der Waals surface area contributed by atoms with Gasteiger partial charge < -0.3 is 5.32 Å². The van der Waals surface area contributed by atoms with Crippen molar-refractivity contribution in [2.75, 3.05) is 11.6 Å². The molecular formula is C18H16ClN3OS. The molecule has 0 fully saturated rings. The van der Waals surface area contributed by atoms with Crippen LogP contribution in [-0.4, -0.2) is 21.9 Å². The molecule has 0 bridgehead atoms. The highest BCUT2D eigenvalue weighted by Gasteiger charge is 2.13. The van der Waals surface area contributed by atoms with Crippen LogP contribution in [0.4, 0.5) is 5.82 Å². The van der Waals surface area contributed by atoms with Gasteiger partial charge in [0.05, 0.1) is 17.1 Å². The number of thioether (sulfide) groups is 1. The molecule has 4 nitrogen and oxygen atoms in total. The molecule has 122 valence electrons. The second-order valence-electron chi connectivity index (χ2n) is 5.18. The summed E-state index contributed by atoms with van der Waals surface area (Å²) in [6.45, 7) is 0.652. The minimum atomic E-state index is -0.263. The number of nitrogens with zero attached hydrogens (tertiary/aromatic N) is 2. The third-order valence-corrected chi connectivity index (χ3v) is 4.54. The van der Waals surface area contributed by atoms with Crippen LogP contribution in [-0.2, 0) is 6.54 Å². The van der Waals surface area contributed by atoms with Gasteiger partial charge in [-0.25, -0.2) is 0 Å². The predicted octanol–water partition coefficient (Wildman–Crippen LogP) is 4.56. The van der Waals surface area contributed by atoms with Crippen LogP contribution in [0.3, 0.4) is 0 Å². The Morgan fingerprint density at radius 3 is 2.75 bits per heavy atom. The molecule has 1 heterocycles. The van der Waals surface area contributed by atoms with Gasteiger partial charge >= 0.3 is 0 Å². The van der Waals surface area contributed by atoms with E-state index in [9.17, 15) is 4.79 Å². The summed E-state index contributed by atoms with van der Waals surface area (Å²) in [6, 6.07) is 17.2. The van der Waals surface area contributed by atoms with E-state index < -0.39 is 0 Å². The second-order valence-corrected chi connectivity index (χ2v) is 6.47. The van der Waals surface area contributed by atoms with Crippen LogP contribution in [0, 0.1) is 0 Å². The van der Waals surface area contributed by atoms with E-state index in [1.807, 2.05) is 48.9 Å². The van der Waals surface area contributed by atoms with Gasteiger partial charge in [-0.2, -0.15) is 5.10 Å². The zero-order valence-corrected chi connectivity index (χ0v) is 14.6. The van der Waals surface area contributed by atoms with Gasteiger partial charge in [0.1, 0.15) is 0 Å². The van der Waals surface area contributed by atoms with E-state index in [-0.39, 0.29) is 5.91 Å². The van der Waals surface area contributed by atoms with Crippen molar-refractivity contribution in [3.8, 4) is 0 Å². The number of hydrogen-bond donors (Lipinski definition) is 1. The maximum Gasteiger partial charge on any atom is 0.258 e. The first kappa shape index (κ1) is 16.6. The number of nitrogens with one attached hydrogen (secondary N) is 1. The molecule has 1 aromatic heterocycles. The zero-order chi connectivity index (χ0) is 16.9. The van der Waals surface area contributed by atoms with Crippen molar-refractivity contribution >= 4 is 35.1 Å². The lowest BCUT2D eigenvalue weighted by Crippen LogP contribution is -2.13. The van der Waals surface area contributed by atoms with E-state index in [0.717, 1.165) is 10.5 Å². The molecule has 24 heavy (non-hydrogen) atoms. The standard InChI is InChI=1S/C18H16ClN3OS/c1-24-14-7-8-16(19)15(11-14)18(23)20-17-9-10-22(21-17)12-13-5-3-2-4-6-13/h2-11H,12H2,1H3,(H,20,21,23). The Balaban J connectivity index is 1.71. The molecule has 3 rings (SSSR count). The maximum atomic E-state index is 12.4. The average molecular weight is 358 g/mol. The summed E-state index contributed by atoms with van der Waals surface area (Å²) in [5.74, 6) is 0.238. The quantitative estimate of drug-likeness (QED) is 0.681. The summed E-state index contributed by atoms with van der Waals surface area (Å²) >= 11 is 7.69. The van der Waals surface area contributed by atoms with Crippen LogP contribution in [0.5, 0.6) is 0 Å². The number of benzene rings is 2. The fourth-order valence-electron chi connectivity index (χ4n) is 2.28.